The number of hydrogen-bond donors (Lipinski definition) is 8. The van der Waals surface area contributed by atoms with Crippen molar-refractivity contribution in [2.45, 2.75) is 83.0 Å². The Balaban J connectivity index is 5.59. The van der Waals surface area contributed by atoms with Crippen molar-refractivity contribution in [1.29, 1.82) is 0 Å². The van der Waals surface area contributed by atoms with E-state index in [4.69, 9.17) is 22.9 Å². The Morgan fingerprint density at radius 2 is 1.14 bits per heavy atom. The van der Waals surface area contributed by atoms with Gasteiger partial charge < -0.3 is 44.0 Å². The molecular formula is C21H39N7O7. The van der Waals surface area contributed by atoms with E-state index in [0.29, 0.717) is 19.4 Å². The van der Waals surface area contributed by atoms with Crippen LogP contribution in [0.1, 0.15) is 58.8 Å². The van der Waals surface area contributed by atoms with Crippen LogP contribution in [0.4, 0.5) is 0 Å². The van der Waals surface area contributed by atoms with Gasteiger partial charge in [0.25, 0.3) is 0 Å². The molecule has 0 aromatic heterocycles. The molecule has 200 valence electrons. The molecule has 0 rings (SSSR count). The van der Waals surface area contributed by atoms with Crippen LogP contribution in [-0.2, 0) is 28.8 Å². The van der Waals surface area contributed by atoms with Gasteiger partial charge in [0.2, 0.25) is 29.5 Å². The first-order valence-corrected chi connectivity index (χ1v) is 11.5. The molecule has 0 fully saturated rings. The van der Waals surface area contributed by atoms with Gasteiger partial charge in [0.1, 0.15) is 18.1 Å². The molecule has 0 radical (unpaired) electrons. The molecule has 12 N–H and O–H groups in total. The highest BCUT2D eigenvalue weighted by atomic mass is 16.4. The van der Waals surface area contributed by atoms with E-state index in [0.717, 1.165) is 0 Å². The van der Waals surface area contributed by atoms with Crippen LogP contribution in [0, 0.1) is 5.92 Å². The predicted molar refractivity (Wildman–Crippen MR) is 126 cm³/mol. The fourth-order valence-corrected chi connectivity index (χ4v) is 2.98. The summed E-state index contributed by atoms with van der Waals surface area (Å²) in [5.74, 6) is -5.30. The number of rotatable bonds is 18. The van der Waals surface area contributed by atoms with Gasteiger partial charge in [-0.1, -0.05) is 13.8 Å². The van der Waals surface area contributed by atoms with Gasteiger partial charge in [-0.15, -0.1) is 0 Å². The maximum absolute atomic E-state index is 12.9. The van der Waals surface area contributed by atoms with Crippen molar-refractivity contribution in [2.24, 2.45) is 28.9 Å². The van der Waals surface area contributed by atoms with E-state index in [1.165, 1.54) is 0 Å². The molecule has 0 saturated carbocycles. The van der Waals surface area contributed by atoms with Crippen LogP contribution in [0.25, 0.3) is 0 Å². The Morgan fingerprint density at radius 3 is 1.51 bits per heavy atom. The van der Waals surface area contributed by atoms with Crippen molar-refractivity contribution in [3.63, 3.8) is 0 Å². The first-order chi connectivity index (χ1) is 16.3. The standard InChI is InChI=1S/C21H39N7O7/c1-11(2)17(25)20(33)27-13(7-9-16(24)30)18(31)26-12(6-8-15(23)29)19(32)28-14(21(34)35)5-3-4-10-22/h11-14,17H,3-10,22,25H2,1-2H3,(H2,23,29)(H2,24,30)(H,26,31)(H,27,33)(H,28,32)(H,34,35). The zero-order valence-electron chi connectivity index (χ0n) is 20.2. The quantitative estimate of drug-likeness (QED) is 0.0898. The van der Waals surface area contributed by atoms with Gasteiger partial charge in [0, 0.05) is 12.8 Å². The number of amides is 5. The van der Waals surface area contributed by atoms with Gasteiger partial charge in [-0.25, -0.2) is 4.79 Å². The Kier molecular flexibility index (Phi) is 14.9. The molecule has 4 atom stereocenters. The highest BCUT2D eigenvalue weighted by Gasteiger charge is 2.31. The number of carbonyl (C=O) groups is 6. The molecule has 0 spiro atoms. The highest BCUT2D eigenvalue weighted by molar-refractivity contribution is 5.94. The molecule has 4 unspecified atom stereocenters. The number of carboxylic acid groups (broad SMARTS) is 1. The van der Waals surface area contributed by atoms with E-state index >= 15 is 0 Å². The van der Waals surface area contributed by atoms with Crippen molar-refractivity contribution in [3.05, 3.63) is 0 Å². The third-order valence-electron chi connectivity index (χ3n) is 5.21. The number of aliphatic carboxylic acids is 1. The topological polar surface area (TPSA) is 263 Å². The molecule has 0 aliphatic rings. The van der Waals surface area contributed by atoms with Crippen LogP contribution < -0.4 is 38.9 Å². The average Bonchev–Trinajstić information content (AvgIpc) is 2.77. The average molecular weight is 502 g/mol. The Morgan fingerprint density at radius 1 is 0.714 bits per heavy atom. The lowest BCUT2D eigenvalue weighted by Crippen LogP contribution is -2.57. The number of carboxylic acids is 1. The Labute approximate surface area is 204 Å². The molecule has 0 aromatic carbocycles. The lowest BCUT2D eigenvalue weighted by molar-refractivity contribution is -0.142. The summed E-state index contributed by atoms with van der Waals surface area (Å²) in [4.78, 5) is 72.1. The minimum atomic E-state index is -1.34. The molecule has 0 aliphatic heterocycles. The van der Waals surface area contributed by atoms with Gasteiger partial charge >= 0.3 is 5.97 Å². The van der Waals surface area contributed by atoms with E-state index in [-0.39, 0.29) is 38.0 Å². The van der Waals surface area contributed by atoms with E-state index in [1.807, 2.05) is 0 Å². The molecule has 0 saturated heterocycles. The van der Waals surface area contributed by atoms with E-state index in [1.54, 1.807) is 13.8 Å². The Hall–Kier alpha value is -3.26. The summed E-state index contributed by atoms with van der Waals surface area (Å²) < 4.78 is 0. The SMILES string of the molecule is CC(C)C(N)C(=O)NC(CCC(N)=O)C(=O)NC(CCC(N)=O)C(=O)NC(CCCCN)C(=O)O. The summed E-state index contributed by atoms with van der Waals surface area (Å²) in [5, 5.41) is 16.6. The maximum Gasteiger partial charge on any atom is 0.326 e. The fraction of sp³-hybridized carbons (Fsp3) is 0.714. The number of hydrogen-bond acceptors (Lipinski definition) is 8. The van der Waals surface area contributed by atoms with Gasteiger partial charge in [0.15, 0.2) is 0 Å². The third-order valence-corrected chi connectivity index (χ3v) is 5.21. The molecule has 14 nitrogen and oxygen atoms in total. The third kappa shape index (κ3) is 13.3. The maximum atomic E-state index is 12.9. The van der Waals surface area contributed by atoms with Crippen LogP contribution in [-0.4, -0.2) is 71.3 Å². The molecule has 0 aromatic rings. The highest BCUT2D eigenvalue weighted by Crippen LogP contribution is 2.07. The van der Waals surface area contributed by atoms with Gasteiger partial charge in [-0.05, 0) is 44.6 Å². The normalized spacial score (nSPS) is 14.3. The largest absolute Gasteiger partial charge is 0.480 e. The van der Waals surface area contributed by atoms with Crippen molar-refractivity contribution in [3.8, 4) is 0 Å². The molecular weight excluding hydrogens is 462 g/mol. The number of unbranched alkanes of at least 4 members (excludes halogenated alkanes) is 1. The van der Waals surface area contributed by atoms with E-state index in [2.05, 4.69) is 16.0 Å². The second-order valence-electron chi connectivity index (χ2n) is 8.59. The van der Waals surface area contributed by atoms with E-state index in [9.17, 15) is 33.9 Å². The van der Waals surface area contributed by atoms with Crippen molar-refractivity contribution in [2.75, 3.05) is 6.54 Å². The molecule has 35 heavy (non-hydrogen) atoms. The van der Waals surface area contributed by atoms with Gasteiger partial charge in [-0.3, -0.25) is 24.0 Å². The number of nitrogens with two attached hydrogens (primary N) is 4. The lowest BCUT2D eigenvalue weighted by Gasteiger charge is -2.25. The van der Waals surface area contributed by atoms with Crippen LogP contribution in [0.15, 0.2) is 0 Å². The minimum Gasteiger partial charge on any atom is -0.480 e. The Bertz CT molecular complexity index is 760. The minimum absolute atomic E-state index is 0.110. The number of primary amides is 2. The predicted octanol–water partition coefficient (Wildman–Crippen LogP) is -2.83. The number of nitrogens with one attached hydrogen (secondary N) is 3. The van der Waals surface area contributed by atoms with E-state index < -0.39 is 59.7 Å². The number of carbonyl (C=O) groups excluding carboxylic acids is 5. The summed E-state index contributed by atoms with van der Waals surface area (Å²) in [6, 6.07) is -4.77. The van der Waals surface area contributed by atoms with Crippen molar-refractivity contribution < 1.29 is 33.9 Å². The molecule has 0 heterocycles. The summed E-state index contributed by atoms with van der Waals surface area (Å²) in [7, 11) is 0. The lowest BCUT2D eigenvalue weighted by atomic mass is 10.0. The molecule has 14 heteroatoms. The molecule has 0 aliphatic carbocycles. The van der Waals surface area contributed by atoms with Crippen LogP contribution in [0.5, 0.6) is 0 Å². The summed E-state index contributed by atoms with van der Waals surface area (Å²) >= 11 is 0. The summed E-state index contributed by atoms with van der Waals surface area (Å²) in [6.07, 6.45) is 0.210. The van der Waals surface area contributed by atoms with Crippen LogP contribution in [0.2, 0.25) is 0 Å². The zero-order chi connectivity index (χ0) is 27.1. The van der Waals surface area contributed by atoms with Crippen molar-refractivity contribution >= 4 is 35.5 Å². The monoisotopic (exact) mass is 501 g/mol. The molecule has 5 amide bonds. The zero-order valence-corrected chi connectivity index (χ0v) is 20.2. The first kappa shape index (κ1) is 31.7. The van der Waals surface area contributed by atoms with Crippen molar-refractivity contribution in [1.82, 2.24) is 16.0 Å². The fourth-order valence-electron chi connectivity index (χ4n) is 2.98. The van der Waals surface area contributed by atoms with Crippen LogP contribution >= 0.6 is 0 Å². The van der Waals surface area contributed by atoms with Gasteiger partial charge in [-0.2, -0.15) is 0 Å². The smallest absolute Gasteiger partial charge is 0.326 e. The summed E-state index contributed by atoms with van der Waals surface area (Å²) in [6.45, 7) is 3.77. The molecule has 0 bridgehead atoms. The second kappa shape index (κ2) is 16.4. The second-order valence-corrected chi connectivity index (χ2v) is 8.59. The van der Waals surface area contributed by atoms with Gasteiger partial charge in [0.05, 0.1) is 6.04 Å². The first-order valence-electron chi connectivity index (χ1n) is 11.5. The van der Waals surface area contributed by atoms with Crippen LogP contribution in [0.3, 0.4) is 0 Å². The summed E-state index contributed by atoms with van der Waals surface area (Å²) in [5.41, 5.74) is 21.5.